The molecule has 0 radical (unpaired) electrons. The molecule has 0 fully saturated rings. The molecule has 0 N–H and O–H groups in total. The molecule has 0 amide bonds. The van der Waals surface area contributed by atoms with Crippen molar-refractivity contribution in [1.82, 2.24) is 14.1 Å². The Kier molecular flexibility index (Phi) is 9.09. The number of imidazole rings is 1. The van der Waals surface area contributed by atoms with Gasteiger partial charge < -0.3 is 9.15 Å². The lowest BCUT2D eigenvalue weighted by atomic mass is 9.78. The van der Waals surface area contributed by atoms with Gasteiger partial charge in [0, 0.05) is 33.8 Å². The van der Waals surface area contributed by atoms with Crippen LogP contribution >= 0.6 is 0 Å². The van der Waals surface area contributed by atoms with Crippen LogP contribution in [0, 0.1) is 6.33 Å². The van der Waals surface area contributed by atoms with Crippen LogP contribution in [0.4, 0.5) is 0 Å². The summed E-state index contributed by atoms with van der Waals surface area (Å²) in [5, 5.41) is -0.851. The number of hydrogen-bond donors (Lipinski definition) is 0. The molecule has 0 saturated carbocycles. The van der Waals surface area contributed by atoms with E-state index in [2.05, 4.69) is 43.8 Å². The molecule has 0 aliphatic carbocycles. The predicted octanol–water partition coefficient (Wildman–Crippen LogP) is 18.5. The van der Waals surface area contributed by atoms with Crippen molar-refractivity contribution in [2.45, 2.75) is 78.6 Å². The van der Waals surface area contributed by atoms with Crippen LogP contribution in [0.15, 0.2) is 277 Å². The molecule has 11 aromatic carbocycles. The normalized spacial score (nSPS) is 15.8. The Balaban J connectivity index is 1.09. The van der Waals surface area contributed by atoms with E-state index in [-0.39, 0.29) is 57.0 Å². The van der Waals surface area contributed by atoms with Gasteiger partial charge in [0.25, 0.3) is 6.33 Å². The van der Waals surface area contributed by atoms with Gasteiger partial charge in [-0.1, -0.05) is 256 Å². The maximum Gasteiger partial charge on any atom is 0.269 e. The molecular weight excluding hydrogens is 1130 g/mol. The molecule has 15 aromatic rings. The lowest BCUT2D eigenvalue weighted by Crippen LogP contribution is -2.74. The Hall–Kier alpha value is -10.3. The van der Waals surface area contributed by atoms with Crippen molar-refractivity contribution in [3.05, 3.63) is 296 Å². The first-order valence-corrected chi connectivity index (χ1v) is 31.9. The highest BCUT2D eigenvalue weighted by molar-refractivity contribution is 7.19. The summed E-state index contributed by atoms with van der Waals surface area (Å²) in [6.07, 6.45) is 5.40. The van der Waals surface area contributed by atoms with Crippen LogP contribution in [0.1, 0.15) is 109 Å². The van der Waals surface area contributed by atoms with Gasteiger partial charge in [-0.3, -0.25) is 13.7 Å². The minimum Gasteiger partial charge on any atom is -0.458 e. The highest BCUT2D eigenvalue weighted by atomic mass is 28.3. The fourth-order valence-corrected chi connectivity index (χ4v) is 15.6. The minimum atomic E-state index is -6.40. The SMILES string of the molecule is [2H]c1c([2H])c([2H])c([Si](c2c([2H])c([2H])c([2H])c([2H])c2[2H])(c2c([2H])c([2H])c([2H])c([2H])c2[2H])c2c([2H])c([2H])c([2H])c(-c3cccc(-c4c([2H])c(C(C)(C)C)c([2H])c(C(C)(C)C)c4[2H])c3-[n+]3[c-]n(-c4cccc(Oc5ccc6c7ccccc7n(-c7cc(C(C)(C)C)ccn7)c6c5)c4)c4cc5oc6ccccc6c5cc43)c2[2H])c([2H])c1[2H]. The van der Waals surface area contributed by atoms with Gasteiger partial charge in [-0.2, -0.15) is 0 Å². The van der Waals surface area contributed by atoms with Gasteiger partial charge in [0.1, 0.15) is 28.5 Å². The Morgan fingerprint density at radius 3 is 1.73 bits per heavy atom. The van der Waals surface area contributed by atoms with E-state index < -0.39 is 160 Å². The first-order valence-electron chi connectivity index (χ1n) is 40.9. The Morgan fingerprint density at radius 1 is 0.462 bits per heavy atom. The summed E-state index contributed by atoms with van der Waals surface area (Å²) in [4.78, 5) is 4.88. The van der Waals surface area contributed by atoms with Crippen molar-refractivity contribution in [2.75, 3.05) is 0 Å². The highest BCUT2D eigenvalue weighted by Gasteiger charge is 2.41. The molecule has 0 spiro atoms. The number of fused-ring (bicyclic) bond motifs is 7. The fraction of sp³-hybridized carbons (Fsp3) is 0.143. The standard InChI is InChI=1S/C84H72N4O2Si/c1-82(2,3)58-44-45-85-80(50-58)88-74-40-21-19-36-70(74)71-43-42-63(52-75(71)88)89-62-28-24-27-61(51-62)86-55-87(76-53-73-72-37-20-22-41-78(72)90-79(73)54-77(76)86)81-68(38-25-39-69(81)57-46-59(83(4,5)6)49-60(47-57)84(7,8)9)56-26-23-35-67(48-56)91(64-29-13-10-14-30-64,65-31-15-11-16-32-65)66-33-17-12-18-34-66/h10-54H,1-9H3/i10D,11D,12D,13D,14D,15D,16D,17D,18D,23D,26D,29D,30D,31D,32D,33D,34D,35D,46D,47D,48D,49D. The summed E-state index contributed by atoms with van der Waals surface area (Å²) in [5.41, 5.74) is 2.24. The topological polar surface area (TPSA) is 49.0 Å². The van der Waals surface area contributed by atoms with E-state index in [4.69, 9.17) is 18.3 Å². The fourth-order valence-electron chi connectivity index (χ4n) is 12.0. The second-order valence-electron chi connectivity index (χ2n) is 25.7. The van der Waals surface area contributed by atoms with Crippen LogP contribution in [0.2, 0.25) is 0 Å². The Morgan fingerprint density at radius 2 is 1.05 bits per heavy atom. The number of furan rings is 1. The zero-order chi connectivity index (χ0) is 81.5. The van der Waals surface area contributed by atoms with Crippen LogP contribution in [0.5, 0.6) is 11.5 Å². The monoisotopic (exact) mass is 1220 g/mol. The molecule has 444 valence electrons. The molecule has 7 heteroatoms. The van der Waals surface area contributed by atoms with Gasteiger partial charge >= 0.3 is 0 Å². The minimum absolute atomic E-state index is 0.0309. The summed E-state index contributed by atoms with van der Waals surface area (Å²) in [7, 11) is -6.40. The third kappa shape index (κ3) is 10.0. The number of benzene rings is 11. The number of rotatable bonds is 11. The van der Waals surface area contributed by atoms with Crippen LogP contribution in [-0.4, -0.2) is 22.2 Å². The predicted molar refractivity (Wildman–Crippen MR) is 380 cm³/mol. The zero-order valence-corrected chi connectivity index (χ0v) is 52.4. The van der Waals surface area contributed by atoms with Crippen molar-refractivity contribution >= 4 is 83.6 Å². The highest BCUT2D eigenvalue weighted by Crippen LogP contribution is 2.42. The molecule has 0 bridgehead atoms. The first-order chi connectivity index (χ1) is 53.2. The summed E-state index contributed by atoms with van der Waals surface area (Å²) in [5.74, 6) is 1.53. The van der Waals surface area contributed by atoms with Crippen LogP contribution in [-0.2, 0) is 16.2 Å². The van der Waals surface area contributed by atoms with E-state index in [0.717, 1.165) is 27.4 Å². The van der Waals surface area contributed by atoms with Crippen molar-refractivity contribution in [2.24, 2.45) is 0 Å². The lowest BCUT2D eigenvalue weighted by molar-refractivity contribution is -0.571. The Labute approximate surface area is 564 Å². The van der Waals surface area contributed by atoms with E-state index >= 15 is 0 Å². The number of nitrogens with zero attached hydrogens (tertiary/aromatic N) is 4. The molecule has 15 rings (SSSR count). The molecule has 0 unspecified atom stereocenters. The molecule has 91 heavy (non-hydrogen) atoms. The summed E-state index contributed by atoms with van der Waals surface area (Å²) in [6.45, 7) is 17.4. The summed E-state index contributed by atoms with van der Waals surface area (Å²) < 4.78 is 234. The van der Waals surface area contributed by atoms with Gasteiger partial charge in [0.2, 0.25) is 0 Å². The van der Waals surface area contributed by atoms with Crippen molar-refractivity contribution < 1.29 is 43.9 Å². The number of ether oxygens (including phenoxy) is 1. The average Bonchev–Trinajstić information content (AvgIpc) is 1.32. The number of hydrogen-bond acceptors (Lipinski definition) is 3. The van der Waals surface area contributed by atoms with E-state index in [1.807, 2.05) is 114 Å². The quantitative estimate of drug-likeness (QED) is 0.0561. The van der Waals surface area contributed by atoms with E-state index in [1.165, 1.54) is 12.1 Å². The first kappa shape index (κ1) is 37.6. The van der Waals surface area contributed by atoms with Crippen molar-refractivity contribution in [1.29, 1.82) is 0 Å². The summed E-state index contributed by atoms with van der Waals surface area (Å²) >= 11 is 0. The van der Waals surface area contributed by atoms with Gasteiger partial charge in [-0.25, -0.2) is 4.98 Å². The maximum atomic E-state index is 11.2. The van der Waals surface area contributed by atoms with Gasteiger partial charge in [-0.05, 0) is 143 Å². The van der Waals surface area contributed by atoms with E-state index in [9.17, 15) is 26.0 Å². The molecule has 0 atom stereocenters. The number of aromatic nitrogens is 4. The molecular formula is C84H72N4O2Si. The second kappa shape index (κ2) is 22.0. The van der Waals surface area contributed by atoms with Crippen molar-refractivity contribution in [3.63, 3.8) is 0 Å². The second-order valence-corrected chi connectivity index (χ2v) is 29.2. The van der Waals surface area contributed by atoms with E-state index in [0.29, 0.717) is 56.0 Å². The molecule has 4 aromatic heterocycles. The van der Waals surface area contributed by atoms with Crippen LogP contribution < -0.4 is 30.1 Å². The summed E-state index contributed by atoms with van der Waals surface area (Å²) in [6, 6.07) is 19.1. The van der Waals surface area contributed by atoms with E-state index in [1.54, 1.807) is 51.6 Å². The van der Waals surface area contributed by atoms with Crippen LogP contribution in [0.25, 0.3) is 94.2 Å². The van der Waals surface area contributed by atoms with Crippen molar-refractivity contribution in [3.8, 4) is 50.9 Å². The number of pyridine rings is 1. The van der Waals surface area contributed by atoms with Gasteiger partial charge in [0.05, 0.1) is 63.6 Å². The van der Waals surface area contributed by atoms with Gasteiger partial charge in [-0.15, -0.1) is 0 Å². The zero-order valence-electron chi connectivity index (χ0n) is 73.4. The molecule has 0 aliphatic heterocycles. The maximum absolute atomic E-state index is 11.2. The van der Waals surface area contributed by atoms with Crippen LogP contribution in [0.3, 0.4) is 0 Å². The Bertz CT molecular complexity index is 6370. The third-order valence-electron chi connectivity index (χ3n) is 16.6. The lowest BCUT2D eigenvalue weighted by Gasteiger charge is -2.34. The molecule has 6 nitrogen and oxygen atoms in total. The smallest absolute Gasteiger partial charge is 0.269 e. The molecule has 0 aliphatic rings. The molecule has 0 saturated heterocycles. The number of para-hydroxylation sites is 3. The third-order valence-corrected chi connectivity index (χ3v) is 20.6. The van der Waals surface area contributed by atoms with Gasteiger partial charge in [0.15, 0.2) is 8.07 Å². The largest absolute Gasteiger partial charge is 0.458 e. The molecule has 4 heterocycles. The average molecular weight is 1220 g/mol.